The van der Waals surface area contributed by atoms with E-state index in [2.05, 4.69) is 25.7 Å². The van der Waals surface area contributed by atoms with Crippen LogP contribution in [0.5, 0.6) is 0 Å². The van der Waals surface area contributed by atoms with Crippen LogP contribution >= 0.6 is 0 Å². The fraction of sp³-hybridized carbons (Fsp3) is 0.600. The van der Waals surface area contributed by atoms with Crippen LogP contribution in [0.1, 0.15) is 17.5 Å². The molecule has 0 fully saturated rings. The molecule has 2 aromatic heterocycles. The van der Waals surface area contributed by atoms with Crippen LogP contribution in [0.2, 0.25) is 0 Å². The Morgan fingerprint density at radius 2 is 2.00 bits per heavy atom. The van der Waals surface area contributed by atoms with Crippen molar-refractivity contribution in [2.45, 2.75) is 19.9 Å². The molecular formula is C10H17N7. The summed E-state index contributed by atoms with van der Waals surface area (Å²) in [7, 11) is 3.91. The van der Waals surface area contributed by atoms with Crippen molar-refractivity contribution in [1.29, 1.82) is 0 Å². The van der Waals surface area contributed by atoms with Crippen molar-refractivity contribution in [1.82, 2.24) is 34.8 Å². The van der Waals surface area contributed by atoms with Gasteiger partial charge in [0.05, 0.1) is 6.54 Å². The maximum absolute atomic E-state index is 4.08. The van der Waals surface area contributed by atoms with Crippen molar-refractivity contribution >= 4 is 0 Å². The normalized spacial score (nSPS) is 11.0. The smallest absolute Gasteiger partial charge is 0.146 e. The van der Waals surface area contributed by atoms with Crippen molar-refractivity contribution in [2.75, 3.05) is 6.54 Å². The molecule has 0 spiro atoms. The van der Waals surface area contributed by atoms with E-state index in [9.17, 15) is 0 Å². The number of rotatable bonds is 5. The first-order valence-electron chi connectivity index (χ1n) is 5.57. The van der Waals surface area contributed by atoms with Gasteiger partial charge in [0.25, 0.3) is 0 Å². The second kappa shape index (κ2) is 5.05. The zero-order chi connectivity index (χ0) is 12.3. The van der Waals surface area contributed by atoms with E-state index in [0.29, 0.717) is 0 Å². The number of aromatic nitrogens is 6. The van der Waals surface area contributed by atoms with E-state index in [4.69, 9.17) is 0 Å². The highest BCUT2D eigenvalue weighted by Crippen LogP contribution is 1.97. The van der Waals surface area contributed by atoms with Crippen LogP contribution in [-0.2, 0) is 27.1 Å². The molecule has 7 nitrogen and oxygen atoms in total. The van der Waals surface area contributed by atoms with E-state index in [1.54, 1.807) is 6.33 Å². The standard InChI is InChI=1S/C10H17N7/c1-8-13-15-10(17(8)3)6-11-5-4-9-14-12-7-16(9)2/h7,11H,4-6H2,1-3H3. The third-order valence-corrected chi connectivity index (χ3v) is 2.80. The average molecular weight is 235 g/mol. The van der Waals surface area contributed by atoms with E-state index in [-0.39, 0.29) is 0 Å². The molecular weight excluding hydrogens is 218 g/mol. The lowest BCUT2D eigenvalue weighted by Gasteiger charge is -2.04. The van der Waals surface area contributed by atoms with Crippen LogP contribution < -0.4 is 5.32 Å². The number of aryl methyl sites for hydroxylation is 2. The molecule has 0 aliphatic rings. The Labute approximate surface area is 99.9 Å². The van der Waals surface area contributed by atoms with Gasteiger partial charge in [-0.05, 0) is 6.92 Å². The third kappa shape index (κ3) is 2.68. The topological polar surface area (TPSA) is 73.5 Å². The van der Waals surface area contributed by atoms with Gasteiger partial charge in [0, 0.05) is 27.1 Å². The molecule has 0 unspecified atom stereocenters. The van der Waals surface area contributed by atoms with Gasteiger partial charge >= 0.3 is 0 Å². The Kier molecular flexibility index (Phi) is 3.48. The zero-order valence-electron chi connectivity index (χ0n) is 10.4. The van der Waals surface area contributed by atoms with E-state index < -0.39 is 0 Å². The van der Waals surface area contributed by atoms with Gasteiger partial charge in [-0.1, -0.05) is 0 Å². The number of hydrogen-bond donors (Lipinski definition) is 1. The quantitative estimate of drug-likeness (QED) is 0.713. The van der Waals surface area contributed by atoms with Crippen LogP contribution in [0.25, 0.3) is 0 Å². The van der Waals surface area contributed by atoms with Crippen molar-refractivity contribution in [2.24, 2.45) is 14.1 Å². The second-order valence-corrected chi connectivity index (χ2v) is 4.01. The highest BCUT2D eigenvalue weighted by atomic mass is 15.3. The molecule has 17 heavy (non-hydrogen) atoms. The summed E-state index contributed by atoms with van der Waals surface area (Å²) in [6, 6.07) is 0. The van der Waals surface area contributed by atoms with Gasteiger partial charge in [0.2, 0.25) is 0 Å². The SMILES string of the molecule is Cc1nnc(CNCCc2nncn2C)n1C. The lowest BCUT2D eigenvalue weighted by Crippen LogP contribution is -2.20. The summed E-state index contributed by atoms with van der Waals surface area (Å²) in [6.07, 6.45) is 2.56. The molecule has 0 atom stereocenters. The number of hydrogen-bond acceptors (Lipinski definition) is 5. The molecule has 0 aliphatic heterocycles. The van der Waals surface area contributed by atoms with Gasteiger partial charge in [0.1, 0.15) is 23.8 Å². The minimum atomic E-state index is 0.717. The molecule has 2 heterocycles. The van der Waals surface area contributed by atoms with E-state index in [1.807, 2.05) is 30.2 Å². The molecule has 0 amide bonds. The Morgan fingerprint density at radius 1 is 1.18 bits per heavy atom. The highest BCUT2D eigenvalue weighted by Gasteiger charge is 2.04. The van der Waals surface area contributed by atoms with Crippen LogP contribution in [-0.4, -0.2) is 36.1 Å². The molecule has 0 aliphatic carbocycles. The van der Waals surface area contributed by atoms with Crippen molar-refractivity contribution in [3.05, 3.63) is 23.8 Å². The first kappa shape index (κ1) is 11.7. The fourth-order valence-corrected chi connectivity index (χ4v) is 1.54. The molecule has 0 bridgehead atoms. The van der Waals surface area contributed by atoms with Gasteiger partial charge in [-0.15, -0.1) is 20.4 Å². The lowest BCUT2D eigenvalue weighted by atomic mass is 10.4. The molecule has 0 saturated carbocycles. The minimum absolute atomic E-state index is 0.717. The van der Waals surface area contributed by atoms with Gasteiger partial charge in [-0.25, -0.2) is 0 Å². The predicted molar refractivity (Wildman–Crippen MR) is 62.2 cm³/mol. The largest absolute Gasteiger partial charge is 0.321 e. The Bertz CT molecular complexity index is 485. The predicted octanol–water partition coefficient (Wildman–Crippen LogP) is -0.416. The summed E-state index contributed by atoms with van der Waals surface area (Å²) in [4.78, 5) is 0. The summed E-state index contributed by atoms with van der Waals surface area (Å²) in [6.45, 7) is 3.50. The molecule has 2 aromatic rings. The van der Waals surface area contributed by atoms with E-state index in [0.717, 1.165) is 37.0 Å². The highest BCUT2D eigenvalue weighted by molar-refractivity contribution is 4.92. The van der Waals surface area contributed by atoms with Crippen LogP contribution in [0.15, 0.2) is 6.33 Å². The van der Waals surface area contributed by atoms with Gasteiger partial charge < -0.3 is 14.5 Å². The summed E-state index contributed by atoms with van der Waals surface area (Å²) >= 11 is 0. The van der Waals surface area contributed by atoms with Gasteiger partial charge in [-0.2, -0.15) is 0 Å². The summed E-state index contributed by atoms with van der Waals surface area (Å²) in [5.41, 5.74) is 0. The molecule has 0 radical (unpaired) electrons. The summed E-state index contributed by atoms with van der Waals surface area (Å²) in [5.74, 6) is 2.85. The van der Waals surface area contributed by atoms with Crippen LogP contribution in [0.4, 0.5) is 0 Å². The van der Waals surface area contributed by atoms with Gasteiger partial charge in [0.15, 0.2) is 0 Å². The van der Waals surface area contributed by atoms with E-state index >= 15 is 0 Å². The molecule has 2 rings (SSSR count). The monoisotopic (exact) mass is 235 g/mol. The van der Waals surface area contributed by atoms with Crippen molar-refractivity contribution in [3.8, 4) is 0 Å². The molecule has 0 aromatic carbocycles. The Morgan fingerprint density at radius 3 is 2.59 bits per heavy atom. The molecule has 7 heteroatoms. The minimum Gasteiger partial charge on any atom is -0.321 e. The van der Waals surface area contributed by atoms with Crippen LogP contribution in [0.3, 0.4) is 0 Å². The first-order chi connectivity index (χ1) is 8.18. The summed E-state index contributed by atoms with van der Waals surface area (Å²) < 4.78 is 3.91. The lowest BCUT2D eigenvalue weighted by molar-refractivity contribution is 0.616. The maximum Gasteiger partial charge on any atom is 0.146 e. The Balaban J connectivity index is 1.77. The average Bonchev–Trinajstić information content (AvgIpc) is 2.85. The van der Waals surface area contributed by atoms with Gasteiger partial charge in [-0.3, -0.25) is 0 Å². The summed E-state index contributed by atoms with van der Waals surface area (Å²) in [5, 5.41) is 19.3. The number of nitrogens with one attached hydrogen (secondary N) is 1. The zero-order valence-corrected chi connectivity index (χ0v) is 10.4. The number of nitrogens with zero attached hydrogens (tertiary/aromatic N) is 6. The van der Waals surface area contributed by atoms with Crippen LogP contribution in [0, 0.1) is 6.92 Å². The molecule has 0 saturated heterocycles. The van der Waals surface area contributed by atoms with Crippen molar-refractivity contribution < 1.29 is 0 Å². The second-order valence-electron chi connectivity index (χ2n) is 4.01. The first-order valence-corrected chi connectivity index (χ1v) is 5.57. The molecule has 1 N–H and O–H groups in total. The maximum atomic E-state index is 4.08. The molecule has 92 valence electrons. The fourth-order valence-electron chi connectivity index (χ4n) is 1.54. The van der Waals surface area contributed by atoms with Crippen molar-refractivity contribution in [3.63, 3.8) is 0 Å². The Hall–Kier alpha value is -1.76. The third-order valence-electron chi connectivity index (χ3n) is 2.80. The van der Waals surface area contributed by atoms with E-state index in [1.165, 1.54) is 0 Å².